The minimum absolute atomic E-state index is 0.0780. The third kappa shape index (κ3) is 4.25. The SMILES string of the molecule is CCCNCc1ccc(F)cc1S(=O)(=O)N(C)CC1CC1. The summed E-state index contributed by atoms with van der Waals surface area (Å²) in [5.74, 6) is -0.0624. The van der Waals surface area contributed by atoms with E-state index < -0.39 is 15.8 Å². The van der Waals surface area contributed by atoms with Crippen LogP contribution in [-0.4, -0.2) is 32.9 Å². The molecular formula is C15H23FN2O2S. The Balaban J connectivity index is 2.24. The van der Waals surface area contributed by atoms with Crippen LogP contribution in [0.5, 0.6) is 0 Å². The van der Waals surface area contributed by atoms with Gasteiger partial charge < -0.3 is 5.32 Å². The van der Waals surface area contributed by atoms with Crippen LogP contribution in [0.1, 0.15) is 31.7 Å². The molecule has 0 bridgehead atoms. The average molecular weight is 314 g/mol. The molecule has 1 aromatic carbocycles. The second-order valence-corrected chi connectivity index (χ2v) is 7.67. The molecule has 0 radical (unpaired) electrons. The molecule has 0 heterocycles. The maximum atomic E-state index is 13.5. The van der Waals surface area contributed by atoms with E-state index in [1.165, 1.54) is 10.4 Å². The molecule has 1 N–H and O–H groups in total. The molecule has 1 aliphatic rings. The molecule has 118 valence electrons. The highest BCUT2D eigenvalue weighted by atomic mass is 32.2. The summed E-state index contributed by atoms with van der Waals surface area (Å²) >= 11 is 0. The van der Waals surface area contributed by atoms with Crippen LogP contribution in [0.4, 0.5) is 4.39 Å². The highest BCUT2D eigenvalue weighted by Crippen LogP contribution is 2.31. The molecule has 21 heavy (non-hydrogen) atoms. The molecule has 1 aliphatic carbocycles. The molecule has 2 rings (SSSR count). The molecule has 0 aliphatic heterocycles. The molecule has 0 aromatic heterocycles. The summed E-state index contributed by atoms with van der Waals surface area (Å²) in [6, 6.07) is 3.99. The average Bonchev–Trinajstić information content (AvgIpc) is 3.24. The van der Waals surface area contributed by atoms with Gasteiger partial charge in [-0.15, -0.1) is 0 Å². The highest BCUT2D eigenvalue weighted by Gasteiger charge is 2.30. The van der Waals surface area contributed by atoms with E-state index in [4.69, 9.17) is 0 Å². The molecular weight excluding hydrogens is 291 g/mol. The Hall–Kier alpha value is -0.980. The maximum Gasteiger partial charge on any atom is 0.243 e. The third-order valence-electron chi connectivity index (χ3n) is 3.67. The van der Waals surface area contributed by atoms with Gasteiger partial charge in [0.25, 0.3) is 0 Å². The van der Waals surface area contributed by atoms with Gasteiger partial charge in [-0.3, -0.25) is 0 Å². The van der Waals surface area contributed by atoms with Crippen molar-refractivity contribution in [1.82, 2.24) is 9.62 Å². The summed E-state index contributed by atoms with van der Waals surface area (Å²) in [4.78, 5) is 0.0780. The van der Waals surface area contributed by atoms with Crippen molar-refractivity contribution in [2.24, 2.45) is 5.92 Å². The number of sulfonamides is 1. The number of benzene rings is 1. The van der Waals surface area contributed by atoms with Crippen molar-refractivity contribution >= 4 is 10.0 Å². The molecule has 0 unspecified atom stereocenters. The first-order chi connectivity index (χ1) is 9.95. The van der Waals surface area contributed by atoms with Crippen molar-refractivity contribution in [1.29, 1.82) is 0 Å². The Kier molecular flexibility index (Phi) is 5.35. The molecule has 6 heteroatoms. The number of hydrogen-bond donors (Lipinski definition) is 1. The minimum atomic E-state index is -3.63. The van der Waals surface area contributed by atoms with Crippen LogP contribution in [-0.2, 0) is 16.6 Å². The van der Waals surface area contributed by atoms with E-state index in [0.29, 0.717) is 24.6 Å². The fourth-order valence-electron chi connectivity index (χ4n) is 2.24. The van der Waals surface area contributed by atoms with E-state index in [0.717, 1.165) is 31.9 Å². The van der Waals surface area contributed by atoms with Crippen LogP contribution in [0, 0.1) is 11.7 Å². The summed E-state index contributed by atoms with van der Waals surface area (Å²) < 4.78 is 40.1. The first-order valence-electron chi connectivity index (χ1n) is 7.40. The van der Waals surface area contributed by atoms with Crippen LogP contribution in [0.25, 0.3) is 0 Å². The van der Waals surface area contributed by atoms with Gasteiger partial charge in [0.15, 0.2) is 0 Å². The Bertz CT molecular complexity index is 585. The molecule has 0 saturated heterocycles. The lowest BCUT2D eigenvalue weighted by molar-refractivity contribution is 0.451. The van der Waals surface area contributed by atoms with Gasteiger partial charge in [-0.2, -0.15) is 0 Å². The van der Waals surface area contributed by atoms with Crippen LogP contribution in [0.3, 0.4) is 0 Å². The fraction of sp³-hybridized carbons (Fsp3) is 0.600. The predicted octanol–water partition coefficient (Wildman–Crippen LogP) is 2.36. The van der Waals surface area contributed by atoms with E-state index in [-0.39, 0.29) is 4.90 Å². The van der Waals surface area contributed by atoms with E-state index in [1.807, 2.05) is 6.92 Å². The first kappa shape index (κ1) is 16.4. The van der Waals surface area contributed by atoms with Crippen LogP contribution in [0.2, 0.25) is 0 Å². The fourth-order valence-corrected chi connectivity index (χ4v) is 3.72. The lowest BCUT2D eigenvalue weighted by Gasteiger charge is -2.19. The van der Waals surface area contributed by atoms with Gasteiger partial charge in [0, 0.05) is 20.1 Å². The number of hydrogen-bond acceptors (Lipinski definition) is 3. The van der Waals surface area contributed by atoms with Crippen LogP contribution >= 0.6 is 0 Å². The van der Waals surface area contributed by atoms with Crippen molar-refractivity contribution in [3.8, 4) is 0 Å². The van der Waals surface area contributed by atoms with Crippen molar-refractivity contribution in [2.45, 2.75) is 37.6 Å². The molecule has 1 saturated carbocycles. The smallest absolute Gasteiger partial charge is 0.243 e. The molecule has 0 spiro atoms. The van der Waals surface area contributed by atoms with Crippen molar-refractivity contribution in [2.75, 3.05) is 20.1 Å². The second kappa shape index (κ2) is 6.85. The molecule has 1 aromatic rings. The quantitative estimate of drug-likeness (QED) is 0.749. The summed E-state index contributed by atoms with van der Waals surface area (Å²) in [5.41, 5.74) is 0.618. The number of rotatable bonds is 8. The zero-order valence-corrected chi connectivity index (χ0v) is 13.4. The summed E-state index contributed by atoms with van der Waals surface area (Å²) in [7, 11) is -2.06. The van der Waals surface area contributed by atoms with E-state index >= 15 is 0 Å². The zero-order valence-electron chi connectivity index (χ0n) is 12.6. The summed E-state index contributed by atoms with van der Waals surface area (Å²) in [5, 5.41) is 3.17. The molecule has 0 atom stereocenters. The van der Waals surface area contributed by atoms with Crippen molar-refractivity contribution in [3.05, 3.63) is 29.6 Å². The van der Waals surface area contributed by atoms with Crippen LogP contribution < -0.4 is 5.32 Å². The Morgan fingerprint density at radius 3 is 2.71 bits per heavy atom. The van der Waals surface area contributed by atoms with E-state index in [1.54, 1.807) is 13.1 Å². The molecule has 4 nitrogen and oxygen atoms in total. The number of nitrogens with one attached hydrogen (secondary N) is 1. The highest BCUT2D eigenvalue weighted by molar-refractivity contribution is 7.89. The first-order valence-corrected chi connectivity index (χ1v) is 8.84. The summed E-state index contributed by atoms with van der Waals surface area (Å²) in [6.07, 6.45) is 3.12. The van der Waals surface area contributed by atoms with Gasteiger partial charge in [0.1, 0.15) is 5.82 Å². The van der Waals surface area contributed by atoms with Gasteiger partial charge in [-0.05, 0) is 49.4 Å². The number of halogens is 1. The normalized spacial score (nSPS) is 15.6. The van der Waals surface area contributed by atoms with Crippen molar-refractivity contribution < 1.29 is 12.8 Å². The monoisotopic (exact) mass is 314 g/mol. The lowest BCUT2D eigenvalue weighted by atomic mass is 10.2. The van der Waals surface area contributed by atoms with Crippen molar-refractivity contribution in [3.63, 3.8) is 0 Å². The minimum Gasteiger partial charge on any atom is -0.313 e. The van der Waals surface area contributed by atoms with Gasteiger partial charge in [-0.25, -0.2) is 17.1 Å². The molecule has 0 amide bonds. The lowest BCUT2D eigenvalue weighted by Crippen LogP contribution is -2.30. The Labute approximate surface area is 126 Å². The van der Waals surface area contributed by atoms with Gasteiger partial charge >= 0.3 is 0 Å². The summed E-state index contributed by atoms with van der Waals surface area (Å²) in [6.45, 7) is 3.79. The van der Waals surface area contributed by atoms with E-state index in [9.17, 15) is 12.8 Å². The van der Waals surface area contributed by atoms with E-state index in [2.05, 4.69) is 5.32 Å². The topological polar surface area (TPSA) is 49.4 Å². The standard InChI is InChI=1S/C15H23FN2O2S/c1-3-8-17-10-13-6-7-14(16)9-15(13)21(19,20)18(2)11-12-4-5-12/h6-7,9,12,17H,3-5,8,10-11H2,1-2H3. The zero-order chi connectivity index (χ0) is 15.5. The Morgan fingerprint density at radius 2 is 2.10 bits per heavy atom. The predicted molar refractivity (Wildman–Crippen MR) is 80.9 cm³/mol. The van der Waals surface area contributed by atoms with Crippen LogP contribution in [0.15, 0.2) is 23.1 Å². The Morgan fingerprint density at radius 1 is 1.38 bits per heavy atom. The third-order valence-corrected chi connectivity index (χ3v) is 5.58. The molecule has 1 fully saturated rings. The van der Waals surface area contributed by atoms with Gasteiger partial charge in [0.05, 0.1) is 4.90 Å². The largest absolute Gasteiger partial charge is 0.313 e. The second-order valence-electron chi connectivity index (χ2n) is 5.66. The number of nitrogens with zero attached hydrogens (tertiary/aromatic N) is 1. The van der Waals surface area contributed by atoms with Gasteiger partial charge in [-0.1, -0.05) is 13.0 Å². The van der Waals surface area contributed by atoms with Gasteiger partial charge in [0.2, 0.25) is 10.0 Å². The maximum absolute atomic E-state index is 13.5.